The summed E-state index contributed by atoms with van der Waals surface area (Å²) in [6.07, 6.45) is 0. The summed E-state index contributed by atoms with van der Waals surface area (Å²) in [4.78, 5) is 4.35. The van der Waals surface area contributed by atoms with Crippen LogP contribution in [0.2, 0.25) is 0 Å². The molecule has 3 nitrogen and oxygen atoms in total. The Morgan fingerprint density at radius 2 is 2.23 bits per heavy atom. The Morgan fingerprint density at radius 3 is 2.77 bits per heavy atom. The topological polar surface area (TPSA) is 44.5 Å². The van der Waals surface area contributed by atoms with Gasteiger partial charge in [-0.25, -0.2) is 10.3 Å². The maximum atomic E-state index is 13.3. The fourth-order valence-corrected chi connectivity index (χ4v) is 1.41. The fraction of sp³-hybridized carbons (Fsp3) is 0.250. The Kier molecular flexibility index (Phi) is 3.65. The highest BCUT2D eigenvalue weighted by Crippen LogP contribution is 2.25. The van der Waals surface area contributed by atoms with Crippen molar-refractivity contribution in [2.75, 3.05) is 7.11 Å². The first-order valence-electron chi connectivity index (χ1n) is 3.52. The van der Waals surface area contributed by atoms with Gasteiger partial charge in [0.2, 0.25) is 0 Å². The van der Waals surface area contributed by atoms with Gasteiger partial charge in [0.1, 0.15) is 11.6 Å². The summed E-state index contributed by atoms with van der Waals surface area (Å²) in [5, 5.41) is 0. The molecule has 0 bridgehead atoms. The minimum Gasteiger partial charge on any atom is -0.497 e. The number of ether oxygens (including phenoxy) is 1. The van der Waals surface area contributed by atoms with Gasteiger partial charge in [0, 0.05) is 5.56 Å². The second kappa shape index (κ2) is 4.55. The summed E-state index contributed by atoms with van der Waals surface area (Å²) in [6, 6.07) is 3.07. The van der Waals surface area contributed by atoms with Crippen molar-refractivity contribution in [3.8, 4) is 5.75 Å². The molecule has 0 atom stereocenters. The van der Waals surface area contributed by atoms with Crippen LogP contribution in [0.5, 0.6) is 5.75 Å². The van der Waals surface area contributed by atoms with Crippen molar-refractivity contribution >= 4 is 15.9 Å². The molecular formula is C8H9BrFNO2. The number of hydrogen-bond acceptors (Lipinski definition) is 3. The van der Waals surface area contributed by atoms with E-state index in [1.54, 1.807) is 0 Å². The van der Waals surface area contributed by atoms with Crippen molar-refractivity contribution in [3.63, 3.8) is 0 Å². The van der Waals surface area contributed by atoms with E-state index in [4.69, 9.17) is 10.6 Å². The van der Waals surface area contributed by atoms with Crippen LogP contribution >= 0.6 is 15.9 Å². The molecule has 1 aromatic rings. The van der Waals surface area contributed by atoms with Crippen LogP contribution in [0.3, 0.4) is 0 Å². The third-order valence-electron chi connectivity index (χ3n) is 1.55. The second-order valence-electron chi connectivity index (χ2n) is 2.39. The van der Waals surface area contributed by atoms with Gasteiger partial charge in [-0.3, -0.25) is 4.84 Å². The molecule has 0 aromatic heterocycles. The van der Waals surface area contributed by atoms with Crippen LogP contribution < -0.4 is 10.6 Å². The van der Waals surface area contributed by atoms with E-state index in [0.717, 1.165) is 0 Å². The van der Waals surface area contributed by atoms with Crippen LogP contribution in [0.25, 0.3) is 0 Å². The molecule has 0 saturated carbocycles. The largest absolute Gasteiger partial charge is 0.497 e. The van der Waals surface area contributed by atoms with Gasteiger partial charge in [0.25, 0.3) is 0 Å². The Morgan fingerprint density at radius 1 is 1.54 bits per heavy atom. The number of benzene rings is 1. The molecule has 0 amide bonds. The average molecular weight is 250 g/mol. The lowest BCUT2D eigenvalue weighted by Crippen LogP contribution is -2.02. The molecule has 0 spiro atoms. The van der Waals surface area contributed by atoms with Crippen LogP contribution in [-0.2, 0) is 11.4 Å². The van der Waals surface area contributed by atoms with Crippen LogP contribution in [0.15, 0.2) is 16.6 Å². The molecular weight excluding hydrogens is 241 g/mol. The zero-order valence-corrected chi connectivity index (χ0v) is 8.60. The third kappa shape index (κ3) is 2.40. The lowest BCUT2D eigenvalue weighted by Gasteiger charge is -2.06. The van der Waals surface area contributed by atoms with Crippen molar-refractivity contribution < 1.29 is 14.0 Å². The molecule has 0 aliphatic carbocycles. The predicted molar refractivity (Wildman–Crippen MR) is 49.6 cm³/mol. The van der Waals surface area contributed by atoms with E-state index in [1.807, 2.05) is 0 Å². The smallest absolute Gasteiger partial charge is 0.143 e. The fourth-order valence-electron chi connectivity index (χ4n) is 0.931. The summed E-state index contributed by atoms with van der Waals surface area (Å²) in [7, 11) is 1.51. The van der Waals surface area contributed by atoms with Crippen LogP contribution in [0, 0.1) is 5.82 Å². The molecule has 1 aromatic carbocycles. The van der Waals surface area contributed by atoms with Crippen LogP contribution in [0.4, 0.5) is 4.39 Å². The van der Waals surface area contributed by atoms with E-state index in [-0.39, 0.29) is 12.4 Å². The molecule has 2 N–H and O–H groups in total. The molecule has 0 saturated heterocycles. The van der Waals surface area contributed by atoms with Crippen molar-refractivity contribution in [1.29, 1.82) is 0 Å². The molecule has 0 unspecified atom stereocenters. The Bertz CT molecular complexity index is 306. The van der Waals surface area contributed by atoms with Gasteiger partial charge in [0.05, 0.1) is 18.2 Å². The SMILES string of the molecule is COc1cc(Br)c(F)c(CON)c1. The zero-order valence-electron chi connectivity index (χ0n) is 7.01. The van der Waals surface area contributed by atoms with Gasteiger partial charge in [-0.05, 0) is 28.1 Å². The Balaban J connectivity index is 3.09. The van der Waals surface area contributed by atoms with Crippen LogP contribution in [0.1, 0.15) is 5.56 Å². The van der Waals surface area contributed by atoms with Gasteiger partial charge in [-0.2, -0.15) is 0 Å². The monoisotopic (exact) mass is 249 g/mol. The summed E-state index contributed by atoms with van der Waals surface area (Å²) in [5.41, 5.74) is 0.355. The Labute approximate surface area is 83.7 Å². The minimum absolute atomic E-state index is 0.0155. The average Bonchev–Trinajstić information content (AvgIpc) is 2.13. The molecule has 0 aliphatic heterocycles. The standard InChI is InChI=1S/C8H9BrFNO2/c1-12-6-2-5(4-13-11)8(10)7(9)3-6/h2-3H,4,11H2,1H3. The first-order valence-corrected chi connectivity index (χ1v) is 4.32. The van der Waals surface area contributed by atoms with Gasteiger partial charge < -0.3 is 4.74 Å². The Hall–Kier alpha value is -0.650. The lowest BCUT2D eigenvalue weighted by atomic mass is 10.2. The van der Waals surface area contributed by atoms with Gasteiger partial charge in [-0.15, -0.1) is 0 Å². The lowest BCUT2D eigenvalue weighted by molar-refractivity contribution is 0.121. The second-order valence-corrected chi connectivity index (χ2v) is 3.25. The van der Waals surface area contributed by atoms with Crippen LogP contribution in [-0.4, -0.2) is 7.11 Å². The van der Waals surface area contributed by atoms with Gasteiger partial charge in [0.15, 0.2) is 0 Å². The minimum atomic E-state index is -0.383. The van der Waals surface area contributed by atoms with E-state index in [0.29, 0.717) is 15.8 Å². The zero-order chi connectivity index (χ0) is 9.84. The molecule has 0 heterocycles. The quantitative estimate of drug-likeness (QED) is 0.834. The summed E-state index contributed by atoms with van der Waals surface area (Å²) < 4.78 is 18.5. The third-order valence-corrected chi connectivity index (χ3v) is 2.13. The number of rotatable bonds is 3. The molecule has 0 fully saturated rings. The molecule has 72 valence electrons. The molecule has 0 aliphatic rings. The normalized spacial score (nSPS) is 10.2. The first kappa shape index (κ1) is 10.4. The highest BCUT2D eigenvalue weighted by molar-refractivity contribution is 9.10. The van der Waals surface area contributed by atoms with E-state index in [9.17, 15) is 4.39 Å². The summed E-state index contributed by atoms with van der Waals surface area (Å²) in [6.45, 7) is 0.0155. The van der Waals surface area contributed by atoms with Gasteiger partial charge in [-0.1, -0.05) is 0 Å². The maximum absolute atomic E-state index is 13.3. The molecule has 0 radical (unpaired) electrons. The number of methoxy groups -OCH3 is 1. The van der Waals surface area contributed by atoms with E-state index >= 15 is 0 Å². The first-order chi connectivity index (χ1) is 6.19. The van der Waals surface area contributed by atoms with E-state index in [2.05, 4.69) is 20.8 Å². The van der Waals surface area contributed by atoms with Crippen molar-refractivity contribution in [2.45, 2.75) is 6.61 Å². The van der Waals surface area contributed by atoms with Gasteiger partial charge >= 0.3 is 0 Å². The molecule has 1 rings (SSSR count). The van der Waals surface area contributed by atoms with Crippen molar-refractivity contribution in [3.05, 3.63) is 28.0 Å². The van der Waals surface area contributed by atoms with E-state index in [1.165, 1.54) is 19.2 Å². The molecule has 5 heteroatoms. The summed E-state index contributed by atoms with van der Waals surface area (Å²) in [5.74, 6) is 5.02. The van der Waals surface area contributed by atoms with Crippen molar-refractivity contribution in [1.82, 2.24) is 0 Å². The van der Waals surface area contributed by atoms with Crippen molar-refractivity contribution in [2.24, 2.45) is 5.90 Å². The predicted octanol–water partition coefficient (Wildman–Crippen LogP) is 1.99. The molecule has 13 heavy (non-hydrogen) atoms. The highest BCUT2D eigenvalue weighted by atomic mass is 79.9. The maximum Gasteiger partial charge on any atom is 0.143 e. The number of halogens is 2. The summed E-state index contributed by atoms with van der Waals surface area (Å²) >= 11 is 3.06. The highest BCUT2D eigenvalue weighted by Gasteiger charge is 2.08. The number of hydrogen-bond donors (Lipinski definition) is 1. The number of nitrogens with two attached hydrogens (primary N) is 1. The van der Waals surface area contributed by atoms with E-state index < -0.39 is 0 Å².